The second-order valence-corrected chi connectivity index (χ2v) is 4.02. The van der Waals surface area contributed by atoms with Crippen LogP contribution in [0.25, 0.3) is 0 Å². The summed E-state index contributed by atoms with van der Waals surface area (Å²) >= 11 is 0. The van der Waals surface area contributed by atoms with E-state index >= 15 is 0 Å². The van der Waals surface area contributed by atoms with Crippen LogP contribution in [0.4, 0.5) is 0 Å². The number of pyridine rings is 1. The molecular formula is C13H16N4O. The van der Waals surface area contributed by atoms with Gasteiger partial charge in [-0.3, -0.25) is 14.5 Å². The lowest BCUT2D eigenvalue weighted by Crippen LogP contribution is -2.24. The molecule has 0 aromatic carbocycles. The lowest BCUT2D eigenvalue weighted by atomic mass is 10.2. The molecule has 1 N–H and O–H groups in total. The fourth-order valence-corrected chi connectivity index (χ4v) is 1.79. The minimum atomic E-state index is -0.121. The molecule has 1 amide bonds. The summed E-state index contributed by atoms with van der Waals surface area (Å²) in [5, 5.41) is 7.20. The number of carbonyl (C=O) groups is 1. The van der Waals surface area contributed by atoms with Crippen LogP contribution in [-0.2, 0) is 13.1 Å². The van der Waals surface area contributed by atoms with Crippen molar-refractivity contribution in [3.05, 3.63) is 47.5 Å². The van der Waals surface area contributed by atoms with Crippen molar-refractivity contribution in [2.75, 3.05) is 0 Å². The van der Waals surface area contributed by atoms with E-state index in [0.717, 1.165) is 17.9 Å². The van der Waals surface area contributed by atoms with Crippen molar-refractivity contribution in [1.29, 1.82) is 0 Å². The van der Waals surface area contributed by atoms with Crippen LogP contribution >= 0.6 is 0 Å². The maximum absolute atomic E-state index is 11.8. The molecule has 0 aliphatic rings. The van der Waals surface area contributed by atoms with Gasteiger partial charge in [0.25, 0.3) is 5.91 Å². The summed E-state index contributed by atoms with van der Waals surface area (Å²) in [6, 6.07) is 5.47. The molecule has 0 unspecified atom stereocenters. The minimum Gasteiger partial charge on any atom is -0.346 e. The molecule has 2 rings (SSSR count). The molecule has 5 heteroatoms. The summed E-state index contributed by atoms with van der Waals surface area (Å²) < 4.78 is 1.89. The topological polar surface area (TPSA) is 59.8 Å². The molecule has 0 saturated heterocycles. The third-order valence-corrected chi connectivity index (χ3v) is 2.64. The first-order valence-corrected chi connectivity index (χ1v) is 5.92. The standard InChI is InChI=1S/C13H16N4O/c1-3-17-12(7-10(2)16-17)9-15-13(18)11-5-4-6-14-8-11/h4-8H,3,9H2,1-2H3,(H,15,18). The smallest absolute Gasteiger partial charge is 0.253 e. The van der Waals surface area contributed by atoms with Crippen LogP contribution in [-0.4, -0.2) is 20.7 Å². The van der Waals surface area contributed by atoms with Gasteiger partial charge in [-0.15, -0.1) is 0 Å². The van der Waals surface area contributed by atoms with Crippen molar-refractivity contribution in [1.82, 2.24) is 20.1 Å². The van der Waals surface area contributed by atoms with Crippen LogP contribution in [0.3, 0.4) is 0 Å². The number of hydrogen-bond acceptors (Lipinski definition) is 3. The highest BCUT2D eigenvalue weighted by Crippen LogP contribution is 2.04. The van der Waals surface area contributed by atoms with Gasteiger partial charge >= 0.3 is 0 Å². The number of nitrogens with zero attached hydrogens (tertiary/aromatic N) is 3. The molecule has 18 heavy (non-hydrogen) atoms. The number of aryl methyl sites for hydroxylation is 2. The molecule has 0 saturated carbocycles. The molecule has 0 radical (unpaired) electrons. The Morgan fingerprint density at radius 3 is 3.00 bits per heavy atom. The van der Waals surface area contributed by atoms with Crippen LogP contribution in [0, 0.1) is 6.92 Å². The zero-order valence-electron chi connectivity index (χ0n) is 10.6. The number of carbonyl (C=O) groups excluding carboxylic acids is 1. The maximum Gasteiger partial charge on any atom is 0.253 e. The fraction of sp³-hybridized carbons (Fsp3) is 0.308. The van der Waals surface area contributed by atoms with Gasteiger partial charge in [-0.2, -0.15) is 5.10 Å². The molecule has 0 fully saturated rings. The van der Waals surface area contributed by atoms with Gasteiger partial charge < -0.3 is 5.32 Å². The molecule has 0 aliphatic heterocycles. The first kappa shape index (κ1) is 12.3. The second-order valence-electron chi connectivity index (χ2n) is 4.02. The van der Waals surface area contributed by atoms with Gasteiger partial charge in [0.05, 0.1) is 23.5 Å². The summed E-state index contributed by atoms with van der Waals surface area (Å²) in [6.45, 7) is 5.24. The average molecular weight is 244 g/mol. The van der Waals surface area contributed by atoms with Gasteiger partial charge in [0.1, 0.15) is 0 Å². The average Bonchev–Trinajstić information content (AvgIpc) is 2.77. The third-order valence-electron chi connectivity index (χ3n) is 2.64. The van der Waals surface area contributed by atoms with E-state index in [9.17, 15) is 4.79 Å². The summed E-state index contributed by atoms with van der Waals surface area (Å²) in [4.78, 5) is 15.8. The van der Waals surface area contributed by atoms with E-state index < -0.39 is 0 Å². The van der Waals surface area contributed by atoms with E-state index in [1.807, 2.05) is 24.6 Å². The Balaban J connectivity index is 2.01. The Labute approximate surface area is 106 Å². The molecule has 5 nitrogen and oxygen atoms in total. The highest BCUT2D eigenvalue weighted by Gasteiger charge is 2.08. The number of hydrogen-bond donors (Lipinski definition) is 1. The fourth-order valence-electron chi connectivity index (χ4n) is 1.79. The zero-order valence-corrected chi connectivity index (χ0v) is 10.6. The van der Waals surface area contributed by atoms with Gasteiger partial charge in [-0.25, -0.2) is 0 Å². The van der Waals surface area contributed by atoms with Crippen molar-refractivity contribution in [3.8, 4) is 0 Å². The number of amides is 1. The molecule has 2 aromatic rings. The van der Waals surface area contributed by atoms with Crippen LogP contribution in [0.5, 0.6) is 0 Å². The van der Waals surface area contributed by atoms with Crippen molar-refractivity contribution in [2.45, 2.75) is 26.9 Å². The van der Waals surface area contributed by atoms with E-state index in [-0.39, 0.29) is 5.91 Å². The van der Waals surface area contributed by atoms with E-state index in [0.29, 0.717) is 12.1 Å². The third kappa shape index (κ3) is 2.74. The lowest BCUT2D eigenvalue weighted by molar-refractivity contribution is 0.0949. The Kier molecular flexibility index (Phi) is 3.72. The maximum atomic E-state index is 11.8. The molecule has 2 aromatic heterocycles. The van der Waals surface area contributed by atoms with Gasteiger partial charge in [-0.05, 0) is 32.0 Å². The molecular weight excluding hydrogens is 228 g/mol. The highest BCUT2D eigenvalue weighted by atomic mass is 16.1. The second kappa shape index (κ2) is 5.44. The Morgan fingerprint density at radius 2 is 2.33 bits per heavy atom. The Morgan fingerprint density at radius 1 is 1.50 bits per heavy atom. The molecule has 0 aliphatic carbocycles. The van der Waals surface area contributed by atoms with E-state index in [1.54, 1.807) is 24.5 Å². The zero-order chi connectivity index (χ0) is 13.0. The van der Waals surface area contributed by atoms with Gasteiger partial charge in [0, 0.05) is 18.9 Å². The van der Waals surface area contributed by atoms with Crippen LogP contribution in [0.15, 0.2) is 30.6 Å². The largest absolute Gasteiger partial charge is 0.346 e. The Bertz CT molecular complexity index is 533. The van der Waals surface area contributed by atoms with Crippen molar-refractivity contribution < 1.29 is 4.79 Å². The summed E-state index contributed by atoms with van der Waals surface area (Å²) in [6.07, 6.45) is 3.20. The van der Waals surface area contributed by atoms with Crippen molar-refractivity contribution >= 4 is 5.91 Å². The quantitative estimate of drug-likeness (QED) is 0.887. The van der Waals surface area contributed by atoms with E-state index in [2.05, 4.69) is 15.4 Å². The predicted octanol–water partition coefficient (Wildman–Crippen LogP) is 1.54. The molecule has 0 bridgehead atoms. The first-order valence-electron chi connectivity index (χ1n) is 5.92. The van der Waals surface area contributed by atoms with Crippen molar-refractivity contribution in [3.63, 3.8) is 0 Å². The van der Waals surface area contributed by atoms with Crippen molar-refractivity contribution in [2.24, 2.45) is 0 Å². The summed E-state index contributed by atoms with van der Waals surface area (Å²) in [5.41, 5.74) is 2.53. The highest BCUT2D eigenvalue weighted by molar-refractivity contribution is 5.93. The molecule has 0 spiro atoms. The SMILES string of the molecule is CCn1nc(C)cc1CNC(=O)c1cccnc1. The minimum absolute atomic E-state index is 0.121. The number of rotatable bonds is 4. The summed E-state index contributed by atoms with van der Waals surface area (Å²) in [7, 11) is 0. The summed E-state index contributed by atoms with van der Waals surface area (Å²) in [5.74, 6) is -0.121. The normalized spacial score (nSPS) is 10.3. The van der Waals surface area contributed by atoms with Gasteiger partial charge in [0.2, 0.25) is 0 Å². The van der Waals surface area contributed by atoms with E-state index in [4.69, 9.17) is 0 Å². The molecule has 0 atom stereocenters. The molecule has 2 heterocycles. The Hall–Kier alpha value is -2.17. The van der Waals surface area contributed by atoms with Crippen LogP contribution in [0.2, 0.25) is 0 Å². The predicted molar refractivity (Wildman–Crippen MR) is 68.0 cm³/mol. The van der Waals surface area contributed by atoms with Gasteiger partial charge in [-0.1, -0.05) is 0 Å². The number of aromatic nitrogens is 3. The lowest BCUT2D eigenvalue weighted by Gasteiger charge is -2.06. The van der Waals surface area contributed by atoms with Crippen LogP contribution in [0.1, 0.15) is 28.7 Å². The first-order chi connectivity index (χ1) is 8.70. The van der Waals surface area contributed by atoms with Crippen LogP contribution < -0.4 is 5.32 Å². The van der Waals surface area contributed by atoms with Gasteiger partial charge in [0.15, 0.2) is 0 Å². The number of nitrogens with one attached hydrogen (secondary N) is 1. The van der Waals surface area contributed by atoms with E-state index in [1.165, 1.54) is 0 Å². The monoisotopic (exact) mass is 244 g/mol. The molecule has 94 valence electrons.